The maximum atomic E-state index is 3.70. The molecule has 0 radical (unpaired) electrons. The van der Waals surface area contributed by atoms with Crippen molar-refractivity contribution in [2.24, 2.45) is 0 Å². The summed E-state index contributed by atoms with van der Waals surface area (Å²) in [4.78, 5) is 2.72. The summed E-state index contributed by atoms with van der Waals surface area (Å²) >= 11 is 5.56. The Balaban J connectivity index is 2.38. The Bertz CT molecular complexity index is 547. The Labute approximate surface area is 128 Å². The van der Waals surface area contributed by atoms with Crippen LogP contribution in [0.5, 0.6) is 0 Å². The molecular formula is C16H20BrNS. The van der Waals surface area contributed by atoms with Crippen molar-refractivity contribution in [1.82, 2.24) is 5.32 Å². The first kappa shape index (κ1) is 14.8. The summed E-state index contributed by atoms with van der Waals surface area (Å²) in [6.45, 7) is 7.54. The van der Waals surface area contributed by atoms with Gasteiger partial charge in [-0.05, 0) is 54.4 Å². The van der Waals surface area contributed by atoms with Gasteiger partial charge in [-0.25, -0.2) is 0 Å². The molecular weight excluding hydrogens is 318 g/mol. The van der Waals surface area contributed by atoms with Crippen LogP contribution in [-0.2, 0) is 0 Å². The lowest BCUT2D eigenvalue weighted by Gasteiger charge is -2.19. The normalized spacial score (nSPS) is 12.6. The van der Waals surface area contributed by atoms with E-state index in [2.05, 4.69) is 72.3 Å². The molecule has 1 unspecified atom stereocenters. The molecule has 2 rings (SSSR count). The van der Waals surface area contributed by atoms with Crippen LogP contribution in [-0.4, -0.2) is 6.54 Å². The van der Waals surface area contributed by atoms with Crippen LogP contribution in [0.25, 0.3) is 0 Å². The average molecular weight is 338 g/mol. The first-order valence-electron chi connectivity index (χ1n) is 6.67. The highest BCUT2D eigenvalue weighted by atomic mass is 79.9. The molecule has 1 aromatic carbocycles. The van der Waals surface area contributed by atoms with Gasteiger partial charge in [0.25, 0.3) is 0 Å². The van der Waals surface area contributed by atoms with Gasteiger partial charge in [0, 0.05) is 14.2 Å². The standard InChI is InChI=1S/C16H20BrNS/c1-4-8-18-15(13-7-5-6-11(2)9-13)16-14(17)10-12(3)19-16/h5-7,9-10,15,18H,4,8H2,1-3H3. The van der Waals surface area contributed by atoms with Gasteiger partial charge in [0.05, 0.1) is 6.04 Å². The van der Waals surface area contributed by atoms with Crippen molar-refractivity contribution in [3.05, 3.63) is 55.7 Å². The minimum atomic E-state index is 0.285. The second-order valence-corrected chi connectivity index (χ2v) is 7.01. The van der Waals surface area contributed by atoms with E-state index in [4.69, 9.17) is 0 Å². The van der Waals surface area contributed by atoms with E-state index in [9.17, 15) is 0 Å². The lowest BCUT2D eigenvalue weighted by molar-refractivity contribution is 0.604. The van der Waals surface area contributed by atoms with Crippen molar-refractivity contribution in [2.45, 2.75) is 33.2 Å². The van der Waals surface area contributed by atoms with Crippen molar-refractivity contribution in [1.29, 1.82) is 0 Å². The smallest absolute Gasteiger partial charge is 0.0682 e. The molecule has 0 bridgehead atoms. The molecule has 0 aliphatic rings. The molecule has 0 spiro atoms. The third-order valence-corrected chi connectivity index (χ3v) is 5.11. The van der Waals surface area contributed by atoms with E-state index < -0.39 is 0 Å². The predicted molar refractivity (Wildman–Crippen MR) is 88.1 cm³/mol. The van der Waals surface area contributed by atoms with Crippen molar-refractivity contribution < 1.29 is 0 Å². The van der Waals surface area contributed by atoms with Crippen molar-refractivity contribution in [2.75, 3.05) is 6.54 Å². The Morgan fingerprint density at radius 3 is 2.63 bits per heavy atom. The van der Waals surface area contributed by atoms with Gasteiger partial charge in [0.2, 0.25) is 0 Å². The summed E-state index contributed by atoms with van der Waals surface area (Å²) in [6.07, 6.45) is 1.14. The predicted octanol–water partition coefficient (Wildman–Crippen LogP) is 5.22. The fourth-order valence-electron chi connectivity index (χ4n) is 2.20. The molecule has 0 aliphatic heterocycles. The summed E-state index contributed by atoms with van der Waals surface area (Å²) < 4.78 is 1.21. The highest BCUT2D eigenvalue weighted by Crippen LogP contribution is 2.35. The quantitative estimate of drug-likeness (QED) is 0.788. The number of nitrogens with one attached hydrogen (secondary N) is 1. The molecule has 102 valence electrons. The number of rotatable bonds is 5. The number of hydrogen-bond donors (Lipinski definition) is 1. The summed E-state index contributed by atoms with van der Waals surface area (Å²) in [7, 11) is 0. The van der Waals surface area contributed by atoms with E-state index in [0.29, 0.717) is 0 Å². The van der Waals surface area contributed by atoms with E-state index in [-0.39, 0.29) is 6.04 Å². The first-order valence-corrected chi connectivity index (χ1v) is 8.28. The molecule has 0 amide bonds. The summed E-state index contributed by atoms with van der Waals surface area (Å²) in [5.74, 6) is 0. The molecule has 1 N–H and O–H groups in total. The topological polar surface area (TPSA) is 12.0 Å². The van der Waals surface area contributed by atoms with E-state index >= 15 is 0 Å². The zero-order valence-electron chi connectivity index (χ0n) is 11.7. The van der Waals surface area contributed by atoms with E-state index in [1.54, 1.807) is 0 Å². The molecule has 1 nitrogen and oxygen atoms in total. The Morgan fingerprint density at radius 1 is 1.26 bits per heavy atom. The van der Waals surface area contributed by atoms with Gasteiger partial charge in [-0.3, -0.25) is 0 Å². The largest absolute Gasteiger partial charge is 0.306 e. The highest BCUT2D eigenvalue weighted by molar-refractivity contribution is 9.10. The molecule has 0 saturated heterocycles. The third kappa shape index (κ3) is 3.68. The minimum absolute atomic E-state index is 0.285. The molecule has 19 heavy (non-hydrogen) atoms. The number of halogens is 1. The number of thiophene rings is 1. The number of hydrogen-bond acceptors (Lipinski definition) is 2. The molecule has 0 saturated carbocycles. The Morgan fingerprint density at radius 2 is 2.05 bits per heavy atom. The van der Waals surface area contributed by atoms with Crippen LogP contribution in [0.2, 0.25) is 0 Å². The van der Waals surface area contributed by atoms with Gasteiger partial charge < -0.3 is 5.32 Å². The fourth-order valence-corrected chi connectivity index (χ4v) is 4.18. The van der Waals surface area contributed by atoms with Gasteiger partial charge in [-0.2, -0.15) is 0 Å². The van der Waals surface area contributed by atoms with Crippen LogP contribution in [0.1, 0.15) is 40.3 Å². The molecule has 3 heteroatoms. The number of aryl methyl sites for hydroxylation is 2. The van der Waals surface area contributed by atoms with Crippen LogP contribution < -0.4 is 5.32 Å². The average Bonchev–Trinajstić information content (AvgIpc) is 2.69. The Hall–Kier alpha value is -0.640. The van der Waals surface area contributed by atoms with Crippen LogP contribution in [0, 0.1) is 13.8 Å². The summed E-state index contributed by atoms with van der Waals surface area (Å²) in [5.41, 5.74) is 2.65. The van der Waals surface area contributed by atoms with E-state index in [1.165, 1.54) is 25.4 Å². The number of benzene rings is 1. The van der Waals surface area contributed by atoms with Gasteiger partial charge in [0.1, 0.15) is 0 Å². The second kappa shape index (κ2) is 6.69. The molecule has 0 aliphatic carbocycles. The highest BCUT2D eigenvalue weighted by Gasteiger charge is 2.18. The van der Waals surface area contributed by atoms with Crippen molar-refractivity contribution in [3.8, 4) is 0 Å². The lowest BCUT2D eigenvalue weighted by atomic mass is 10.0. The summed E-state index contributed by atoms with van der Waals surface area (Å²) in [6, 6.07) is 11.3. The first-order chi connectivity index (χ1) is 9.11. The van der Waals surface area contributed by atoms with Gasteiger partial charge >= 0.3 is 0 Å². The molecule has 1 atom stereocenters. The zero-order chi connectivity index (χ0) is 13.8. The molecule has 1 aromatic heterocycles. The third-order valence-electron chi connectivity index (χ3n) is 3.07. The van der Waals surface area contributed by atoms with Gasteiger partial charge in [0.15, 0.2) is 0 Å². The Kier molecular flexibility index (Phi) is 5.20. The van der Waals surface area contributed by atoms with Crippen molar-refractivity contribution in [3.63, 3.8) is 0 Å². The summed E-state index contributed by atoms with van der Waals surface area (Å²) in [5, 5.41) is 3.66. The van der Waals surface area contributed by atoms with Crippen LogP contribution >= 0.6 is 27.3 Å². The monoisotopic (exact) mass is 337 g/mol. The SMILES string of the molecule is CCCNC(c1cccc(C)c1)c1sc(C)cc1Br. The van der Waals surface area contributed by atoms with Gasteiger partial charge in [-0.1, -0.05) is 36.8 Å². The van der Waals surface area contributed by atoms with Crippen LogP contribution in [0.15, 0.2) is 34.8 Å². The van der Waals surface area contributed by atoms with Gasteiger partial charge in [-0.15, -0.1) is 11.3 Å². The van der Waals surface area contributed by atoms with E-state index in [0.717, 1.165) is 13.0 Å². The molecule has 0 fully saturated rings. The minimum Gasteiger partial charge on any atom is -0.306 e. The van der Waals surface area contributed by atoms with E-state index in [1.807, 2.05) is 11.3 Å². The lowest BCUT2D eigenvalue weighted by Crippen LogP contribution is -2.22. The van der Waals surface area contributed by atoms with Crippen molar-refractivity contribution >= 4 is 27.3 Å². The second-order valence-electron chi connectivity index (χ2n) is 4.87. The fraction of sp³-hybridized carbons (Fsp3) is 0.375. The molecule has 1 heterocycles. The van der Waals surface area contributed by atoms with Crippen LogP contribution in [0.4, 0.5) is 0 Å². The maximum Gasteiger partial charge on any atom is 0.0682 e. The molecule has 2 aromatic rings. The zero-order valence-corrected chi connectivity index (χ0v) is 14.1. The maximum absolute atomic E-state index is 3.70. The van der Waals surface area contributed by atoms with Crippen LogP contribution in [0.3, 0.4) is 0 Å².